The highest BCUT2D eigenvalue weighted by atomic mass is 32.2. The van der Waals surface area contributed by atoms with E-state index in [-0.39, 0.29) is 31.0 Å². The van der Waals surface area contributed by atoms with Gasteiger partial charge < -0.3 is 24.6 Å². The number of aryl methyl sites for hydroxylation is 1. The third kappa shape index (κ3) is 5.59. The number of fused-ring (bicyclic) bond motifs is 2. The molecule has 2 saturated heterocycles. The molecule has 1 spiro atoms. The van der Waals surface area contributed by atoms with Crippen molar-refractivity contribution in [3.8, 4) is 11.5 Å². The number of benzene rings is 3. The lowest BCUT2D eigenvalue weighted by molar-refractivity contribution is -0.163. The number of hydrogen-bond donors (Lipinski definition) is 2. The molecule has 48 heavy (non-hydrogen) atoms. The van der Waals surface area contributed by atoms with Crippen LogP contribution in [-0.2, 0) is 30.9 Å². The number of carbonyl (C=O) groups excluding carboxylic acids is 3. The molecule has 0 unspecified atom stereocenters. The standard InChI is InChI=1S/C35H39N3O9S/c1-21-10-13-25(14-11-21)48(43,44)37-19-22(2)35(20-37)30-26(32(40)38(33(30)41)24-8-6-5-7-9-24)17-29(31(35)39)47-34(42)36-18-23-12-15-27(45-3)28(16-23)46-4/h5-16,22,26,29-31,39H,17-20H2,1-4H3,(H,36,42)/t22-,26-,29-,30+,31-,35+/m1/s1. The number of methoxy groups -OCH3 is 2. The molecule has 6 rings (SSSR count). The smallest absolute Gasteiger partial charge is 0.407 e. The van der Waals surface area contributed by atoms with Gasteiger partial charge in [0, 0.05) is 25.0 Å². The highest BCUT2D eigenvalue weighted by Gasteiger charge is 2.70. The average molecular weight is 678 g/mol. The van der Waals surface area contributed by atoms with Gasteiger partial charge in [0.1, 0.15) is 6.10 Å². The van der Waals surface area contributed by atoms with Crippen molar-refractivity contribution in [3.63, 3.8) is 0 Å². The monoisotopic (exact) mass is 677 g/mol. The molecule has 0 aromatic heterocycles. The number of sulfonamides is 1. The predicted molar refractivity (Wildman–Crippen MR) is 175 cm³/mol. The zero-order valence-corrected chi connectivity index (χ0v) is 28.0. The fraction of sp³-hybridized carbons (Fsp3) is 0.400. The molecule has 1 aliphatic carbocycles. The lowest BCUT2D eigenvalue weighted by atomic mass is 9.56. The van der Waals surface area contributed by atoms with E-state index in [1.165, 1.54) is 30.7 Å². The summed E-state index contributed by atoms with van der Waals surface area (Å²) < 4.78 is 45.4. The quantitative estimate of drug-likeness (QED) is 0.342. The van der Waals surface area contributed by atoms with Crippen molar-refractivity contribution in [3.05, 3.63) is 83.9 Å². The van der Waals surface area contributed by atoms with E-state index in [9.17, 15) is 27.9 Å². The topological polar surface area (TPSA) is 152 Å². The van der Waals surface area contributed by atoms with E-state index >= 15 is 0 Å². The molecular weight excluding hydrogens is 638 g/mol. The Balaban J connectivity index is 1.31. The number of aliphatic hydroxyl groups excluding tert-OH is 1. The van der Waals surface area contributed by atoms with Crippen molar-refractivity contribution < 1.29 is 42.1 Å². The average Bonchev–Trinajstić information content (AvgIpc) is 3.56. The lowest BCUT2D eigenvalue weighted by Crippen LogP contribution is -2.61. The Bertz CT molecular complexity index is 1820. The molecule has 0 bridgehead atoms. The molecule has 3 fully saturated rings. The van der Waals surface area contributed by atoms with Gasteiger partial charge in [-0.15, -0.1) is 0 Å². The number of nitrogens with zero attached hydrogens (tertiary/aromatic N) is 2. The molecule has 2 N–H and O–H groups in total. The highest BCUT2D eigenvalue weighted by molar-refractivity contribution is 7.89. The summed E-state index contributed by atoms with van der Waals surface area (Å²) in [5.41, 5.74) is 0.546. The number of aliphatic hydroxyl groups is 1. The third-order valence-electron chi connectivity index (χ3n) is 10.1. The number of amides is 3. The number of alkyl carbamates (subject to hydrolysis) is 1. The first-order valence-corrected chi connectivity index (χ1v) is 17.2. The number of carbonyl (C=O) groups is 3. The zero-order valence-electron chi connectivity index (χ0n) is 27.2. The Morgan fingerprint density at radius 1 is 0.979 bits per heavy atom. The molecule has 254 valence electrons. The van der Waals surface area contributed by atoms with Gasteiger partial charge in [-0.25, -0.2) is 13.2 Å². The van der Waals surface area contributed by atoms with E-state index in [0.29, 0.717) is 22.7 Å². The minimum Gasteiger partial charge on any atom is -0.493 e. The Morgan fingerprint density at radius 2 is 1.67 bits per heavy atom. The minimum absolute atomic E-state index is 0.00150. The molecule has 3 amide bonds. The third-order valence-corrected chi connectivity index (χ3v) is 11.9. The van der Waals surface area contributed by atoms with Crippen molar-refractivity contribution in [1.29, 1.82) is 0 Å². The van der Waals surface area contributed by atoms with E-state index in [0.717, 1.165) is 10.5 Å². The van der Waals surface area contributed by atoms with Gasteiger partial charge in [-0.3, -0.25) is 14.5 Å². The van der Waals surface area contributed by atoms with Crippen LogP contribution >= 0.6 is 0 Å². The minimum atomic E-state index is -4.03. The molecule has 3 aromatic carbocycles. The van der Waals surface area contributed by atoms with Crippen LogP contribution in [0.1, 0.15) is 24.5 Å². The van der Waals surface area contributed by atoms with E-state index in [4.69, 9.17) is 14.2 Å². The van der Waals surface area contributed by atoms with Gasteiger partial charge >= 0.3 is 6.09 Å². The van der Waals surface area contributed by atoms with Crippen molar-refractivity contribution in [2.45, 2.75) is 43.9 Å². The van der Waals surface area contributed by atoms with Crippen LogP contribution in [0, 0.1) is 30.1 Å². The van der Waals surface area contributed by atoms with E-state index in [1.54, 1.807) is 67.6 Å². The fourth-order valence-electron chi connectivity index (χ4n) is 7.60. The first kappa shape index (κ1) is 33.4. The van der Waals surface area contributed by atoms with Crippen LogP contribution in [0.3, 0.4) is 0 Å². The summed E-state index contributed by atoms with van der Waals surface area (Å²) in [5, 5.41) is 14.8. The maximum atomic E-state index is 14.2. The summed E-state index contributed by atoms with van der Waals surface area (Å²) in [6.45, 7) is 3.46. The summed E-state index contributed by atoms with van der Waals surface area (Å²) in [5.74, 6) is -2.54. The molecule has 0 radical (unpaired) electrons. The maximum Gasteiger partial charge on any atom is 0.407 e. The Labute approximate surface area is 279 Å². The molecule has 2 heterocycles. The summed E-state index contributed by atoms with van der Waals surface area (Å²) >= 11 is 0. The van der Waals surface area contributed by atoms with Gasteiger partial charge in [0.2, 0.25) is 21.8 Å². The van der Waals surface area contributed by atoms with Crippen LogP contribution in [0.25, 0.3) is 0 Å². The molecule has 3 aromatic rings. The fourth-order valence-corrected chi connectivity index (χ4v) is 9.19. The molecule has 1 saturated carbocycles. The van der Waals surface area contributed by atoms with Gasteiger partial charge in [0.25, 0.3) is 0 Å². The summed E-state index contributed by atoms with van der Waals surface area (Å²) in [6, 6.07) is 20.1. The normalized spacial score (nSPS) is 27.2. The first-order valence-electron chi connectivity index (χ1n) is 15.8. The second-order valence-electron chi connectivity index (χ2n) is 12.7. The van der Waals surface area contributed by atoms with Crippen LogP contribution in [-0.4, -0.2) is 75.3 Å². The van der Waals surface area contributed by atoms with E-state index < -0.39 is 63.3 Å². The van der Waals surface area contributed by atoms with E-state index in [2.05, 4.69) is 5.32 Å². The number of anilines is 1. The van der Waals surface area contributed by atoms with Crippen molar-refractivity contribution >= 4 is 33.6 Å². The van der Waals surface area contributed by atoms with Crippen molar-refractivity contribution in [2.24, 2.45) is 23.2 Å². The number of imide groups is 1. The van der Waals surface area contributed by atoms with Gasteiger partial charge in [-0.2, -0.15) is 4.31 Å². The Morgan fingerprint density at radius 3 is 2.33 bits per heavy atom. The lowest BCUT2D eigenvalue weighted by Gasteiger charge is -2.49. The SMILES string of the molecule is COc1ccc(CNC(=O)O[C@@H]2C[C@H]3C(=O)N(c4ccccc4)C(=O)[C@H]3[C@@]3(CN(S(=O)(=O)c4ccc(C)cc4)C[C@H]3C)[C@@H]2O)cc1OC. The number of rotatable bonds is 8. The first-order chi connectivity index (χ1) is 22.9. The van der Waals surface area contributed by atoms with E-state index in [1.807, 2.05) is 6.92 Å². The Kier molecular flexibility index (Phi) is 8.96. The molecule has 13 heteroatoms. The summed E-state index contributed by atoms with van der Waals surface area (Å²) in [7, 11) is -1.01. The van der Waals surface area contributed by atoms with Gasteiger partial charge in [-0.1, -0.05) is 48.9 Å². The maximum absolute atomic E-state index is 14.2. The van der Waals surface area contributed by atoms with Gasteiger partial charge in [-0.05, 0) is 61.2 Å². The number of para-hydroxylation sites is 1. The van der Waals surface area contributed by atoms with Crippen molar-refractivity contribution in [1.82, 2.24) is 9.62 Å². The van der Waals surface area contributed by atoms with Crippen molar-refractivity contribution in [2.75, 3.05) is 32.2 Å². The number of hydrogen-bond acceptors (Lipinski definition) is 9. The second-order valence-corrected chi connectivity index (χ2v) is 14.7. The zero-order chi connectivity index (χ0) is 34.4. The van der Waals surface area contributed by atoms with Crippen LogP contribution < -0.4 is 19.7 Å². The highest BCUT2D eigenvalue weighted by Crippen LogP contribution is 2.58. The summed E-state index contributed by atoms with van der Waals surface area (Å²) in [4.78, 5) is 42.6. The molecule has 3 aliphatic rings. The van der Waals surface area contributed by atoms with Gasteiger partial charge in [0.15, 0.2) is 11.5 Å². The molecular formula is C35H39N3O9S. The molecule has 12 nitrogen and oxygen atoms in total. The van der Waals surface area contributed by atoms with Crippen LogP contribution in [0.5, 0.6) is 11.5 Å². The largest absolute Gasteiger partial charge is 0.493 e. The number of nitrogens with one attached hydrogen (secondary N) is 1. The predicted octanol–water partition coefficient (Wildman–Crippen LogP) is 3.50. The number of ether oxygens (including phenoxy) is 3. The van der Waals surface area contributed by atoms with Gasteiger partial charge in [0.05, 0.1) is 42.7 Å². The second kappa shape index (κ2) is 12.9. The van der Waals surface area contributed by atoms with Crippen LogP contribution in [0.4, 0.5) is 10.5 Å². The molecule has 6 atom stereocenters. The van der Waals surface area contributed by atoms with Crippen LogP contribution in [0.2, 0.25) is 0 Å². The molecule has 2 aliphatic heterocycles. The Hall–Kier alpha value is -4.46. The summed E-state index contributed by atoms with van der Waals surface area (Å²) in [6.07, 6.45) is -3.60. The van der Waals surface area contributed by atoms with Crippen LogP contribution in [0.15, 0.2) is 77.7 Å².